The first-order chi connectivity index (χ1) is 15.6. The standard InChI is InChI=1S/C14H20N2O.C8H8Cl2O5S.Na/c1-11-7-5-6-10-13(11)16-14(17)15-12-8-3-2-4-9-12;9-6-1-2-8(7(10)5-6)14-3-4-15-16(11,12)13;/h2-4,8-9,11,13H,5-7,10H2,1H3,(H2,15,16,17);1-2,5H,3-4H2,(H,11,12,13);/q;;+1/p-1. The summed E-state index contributed by atoms with van der Waals surface area (Å²) in [6.07, 6.45) is 4.83. The second-order valence-electron chi connectivity index (χ2n) is 7.49. The van der Waals surface area contributed by atoms with Gasteiger partial charge in [0.1, 0.15) is 12.4 Å². The van der Waals surface area contributed by atoms with Crippen LogP contribution in [-0.2, 0) is 14.6 Å². The molecule has 8 nitrogen and oxygen atoms in total. The Balaban J connectivity index is 0.000000331. The van der Waals surface area contributed by atoms with Crippen molar-refractivity contribution < 1.29 is 56.2 Å². The summed E-state index contributed by atoms with van der Waals surface area (Å²) in [7, 11) is -4.68. The van der Waals surface area contributed by atoms with Crippen LogP contribution in [0.2, 0.25) is 10.0 Å². The van der Waals surface area contributed by atoms with Crippen LogP contribution in [0.5, 0.6) is 5.75 Å². The van der Waals surface area contributed by atoms with Crippen LogP contribution < -0.4 is 44.9 Å². The zero-order valence-electron chi connectivity index (χ0n) is 19.1. The van der Waals surface area contributed by atoms with Gasteiger partial charge in [0.25, 0.3) is 0 Å². The maximum absolute atomic E-state index is 11.8. The van der Waals surface area contributed by atoms with E-state index >= 15 is 0 Å². The minimum atomic E-state index is -4.68. The number of anilines is 1. The molecule has 12 heteroatoms. The number of amides is 2. The van der Waals surface area contributed by atoms with Gasteiger partial charge in [-0.3, -0.25) is 4.18 Å². The van der Waals surface area contributed by atoms with Gasteiger partial charge in [0, 0.05) is 16.8 Å². The van der Waals surface area contributed by atoms with Crippen molar-refractivity contribution in [1.29, 1.82) is 0 Å². The number of benzene rings is 2. The van der Waals surface area contributed by atoms with E-state index in [9.17, 15) is 17.8 Å². The first-order valence-electron chi connectivity index (χ1n) is 10.4. The molecule has 2 aromatic rings. The van der Waals surface area contributed by atoms with E-state index in [1.165, 1.54) is 31.4 Å². The minimum Gasteiger partial charge on any atom is -0.726 e. The fraction of sp³-hybridized carbons (Fsp3) is 0.409. The van der Waals surface area contributed by atoms with Crippen LogP contribution in [0.15, 0.2) is 48.5 Å². The van der Waals surface area contributed by atoms with Crippen molar-refractivity contribution in [3.8, 4) is 5.75 Å². The van der Waals surface area contributed by atoms with Crippen LogP contribution in [0.3, 0.4) is 0 Å². The van der Waals surface area contributed by atoms with Gasteiger partial charge < -0.3 is 19.9 Å². The molecule has 0 aliphatic heterocycles. The van der Waals surface area contributed by atoms with E-state index in [4.69, 9.17) is 27.9 Å². The van der Waals surface area contributed by atoms with Gasteiger partial charge in [-0.25, -0.2) is 13.2 Å². The monoisotopic (exact) mass is 540 g/mol. The molecule has 0 saturated heterocycles. The summed E-state index contributed by atoms with van der Waals surface area (Å²) < 4.78 is 39.2. The SMILES string of the molecule is CC1CCCCC1NC(=O)Nc1ccccc1.O=S(=O)([O-])OCCOc1ccc(Cl)cc1Cl.[Na+]. The van der Waals surface area contributed by atoms with Crippen molar-refractivity contribution in [2.75, 3.05) is 18.5 Å². The molecular formula is C22H27Cl2N2NaO6S. The summed E-state index contributed by atoms with van der Waals surface area (Å²) in [6.45, 7) is 1.74. The summed E-state index contributed by atoms with van der Waals surface area (Å²) in [5.41, 5.74) is 0.841. The number of rotatable bonds is 7. The Labute approximate surface area is 232 Å². The second kappa shape index (κ2) is 15.9. The number of ether oxygens (including phenoxy) is 1. The molecule has 3 rings (SSSR count). The number of urea groups is 1. The van der Waals surface area contributed by atoms with Crippen molar-refractivity contribution >= 4 is 45.3 Å². The molecule has 2 N–H and O–H groups in total. The molecular weight excluding hydrogens is 514 g/mol. The molecule has 0 radical (unpaired) electrons. The third-order valence-corrected chi connectivity index (χ3v) is 5.91. The molecule has 34 heavy (non-hydrogen) atoms. The van der Waals surface area contributed by atoms with Crippen molar-refractivity contribution in [1.82, 2.24) is 5.32 Å². The third kappa shape index (κ3) is 12.6. The number of halogens is 2. The normalized spacial score (nSPS) is 17.4. The largest absolute Gasteiger partial charge is 1.00 e. The number of hydrogen-bond acceptors (Lipinski definition) is 6. The Bertz CT molecular complexity index is 998. The smallest absolute Gasteiger partial charge is 0.726 e. The van der Waals surface area contributed by atoms with E-state index in [0.717, 1.165) is 12.1 Å². The van der Waals surface area contributed by atoms with Gasteiger partial charge in [0.05, 0.1) is 11.6 Å². The molecule has 1 aliphatic carbocycles. The summed E-state index contributed by atoms with van der Waals surface area (Å²) in [5.74, 6) is 0.920. The number of para-hydroxylation sites is 1. The second-order valence-corrected chi connectivity index (χ2v) is 9.38. The molecule has 2 atom stereocenters. The zero-order valence-corrected chi connectivity index (χ0v) is 23.5. The minimum absolute atomic E-state index is 0. The predicted molar refractivity (Wildman–Crippen MR) is 128 cm³/mol. The van der Waals surface area contributed by atoms with Crippen LogP contribution in [0, 0.1) is 5.92 Å². The molecule has 0 heterocycles. The van der Waals surface area contributed by atoms with Gasteiger partial charge in [-0.05, 0) is 49.1 Å². The van der Waals surface area contributed by atoms with E-state index in [-0.39, 0.29) is 53.8 Å². The fourth-order valence-corrected chi connectivity index (χ4v) is 4.00. The van der Waals surface area contributed by atoms with Gasteiger partial charge in [-0.15, -0.1) is 0 Å². The molecule has 1 aliphatic rings. The first-order valence-corrected chi connectivity index (χ1v) is 12.5. The summed E-state index contributed by atoms with van der Waals surface area (Å²) >= 11 is 11.4. The van der Waals surface area contributed by atoms with Gasteiger partial charge in [0.2, 0.25) is 10.4 Å². The predicted octanol–water partition coefficient (Wildman–Crippen LogP) is 2.24. The molecule has 2 aromatic carbocycles. The maximum Gasteiger partial charge on any atom is 1.00 e. The molecule has 1 fully saturated rings. The van der Waals surface area contributed by atoms with Gasteiger partial charge in [-0.1, -0.05) is 61.2 Å². The Morgan fingerprint density at radius 2 is 1.76 bits per heavy atom. The Kier molecular flexibility index (Phi) is 14.4. The molecule has 0 bridgehead atoms. The summed E-state index contributed by atoms with van der Waals surface area (Å²) in [5, 5.41) is 6.67. The van der Waals surface area contributed by atoms with Crippen molar-refractivity contribution in [2.24, 2.45) is 5.92 Å². The zero-order chi connectivity index (χ0) is 24.3. The van der Waals surface area contributed by atoms with Crippen LogP contribution in [0.25, 0.3) is 0 Å². The summed E-state index contributed by atoms with van der Waals surface area (Å²) in [6, 6.07) is 14.4. The van der Waals surface area contributed by atoms with Crippen LogP contribution >= 0.6 is 23.2 Å². The molecule has 182 valence electrons. The molecule has 1 saturated carbocycles. The average Bonchev–Trinajstić information content (AvgIpc) is 2.74. The van der Waals surface area contributed by atoms with Crippen molar-refractivity contribution in [2.45, 2.75) is 38.6 Å². The van der Waals surface area contributed by atoms with E-state index in [1.54, 1.807) is 6.07 Å². The van der Waals surface area contributed by atoms with Gasteiger partial charge in [0.15, 0.2) is 0 Å². The average molecular weight is 541 g/mol. The Hall–Kier alpha value is -1.04. The molecule has 0 aromatic heterocycles. The van der Waals surface area contributed by atoms with Crippen molar-refractivity contribution in [3.63, 3.8) is 0 Å². The van der Waals surface area contributed by atoms with Gasteiger partial charge in [-0.2, -0.15) is 0 Å². The maximum atomic E-state index is 11.8. The van der Waals surface area contributed by atoms with Crippen LogP contribution in [0.1, 0.15) is 32.6 Å². The van der Waals surface area contributed by atoms with Crippen molar-refractivity contribution in [3.05, 3.63) is 58.6 Å². The number of carbonyl (C=O) groups is 1. The van der Waals surface area contributed by atoms with E-state index in [0.29, 0.717) is 22.7 Å². The number of nitrogens with one attached hydrogen (secondary N) is 2. The van der Waals surface area contributed by atoms with E-state index < -0.39 is 10.4 Å². The van der Waals surface area contributed by atoms with E-state index in [1.807, 2.05) is 30.3 Å². The number of hydrogen-bond donors (Lipinski definition) is 2. The summed E-state index contributed by atoms with van der Waals surface area (Å²) in [4.78, 5) is 11.8. The quantitative estimate of drug-likeness (QED) is 0.241. The van der Waals surface area contributed by atoms with Gasteiger partial charge >= 0.3 is 35.6 Å². The van der Waals surface area contributed by atoms with E-state index in [2.05, 4.69) is 21.7 Å². The molecule has 0 spiro atoms. The third-order valence-electron chi connectivity index (χ3n) is 4.92. The first kappa shape index (κ1) is 31.0. The number of carbonyl (C=O) groups excluding carboxylic acids is 1. The Morgan fingerprint density at radius 1 is 1.09 bits per heavy atom. The van der Waals surface area contributed by atoms with Crippen LogP contribution in [0.4, 0.5) is 10.5 Å². The Morgan fingerprint density at radius 3 is 2.38 bits per heavy atom. The topological polar surface area (TPSA) is 117 Å². The fourth-order valence-electron chi connectivity index (χ4n) is 3.27. The molecule has 2 amide bonds. The van der Waals surface area contributed by atoms with Crippen LogP contribution in [-0.4, -0.2) is 38.3 Å². The molecule has 2 unspecified atom stereocenters.